The summed E-state index contributed by atoms with van der Waals surface area (Å²) < 4.78 is 10.4. The summed E-state index contributed by atoms with van der Waals surface area (Å²) in [6.07, 6.45) is 2.99. The first-order valence-electron chi connectivity index (χ1n) is 8.41. The standard InChI is InChI=1S/C21H23NO4/c1-16-6-5-9-19(14-16)25-13-12-22-20(23)15-26-21(24)11-10-18-8-4-3-7-17(18)2/h3-11,14H,12-13,15H2,1-2H3,(H,22,23)/b11-10+. The number of carbonyl (C=O) groups is 2. The molecule has 1 amide bonds. The molecule has 1 N–H and O–H groups in total. The fraction of sp³-hybridized carbons (Fsp3) is 0.238. The molecule has 0 spiro atoms. The minimum atomic E-state index is -0.556. The van der Waals surface area contributed by atoms with E-state index in [-0.39, 0.29) is 12.5 Å². The Labute approximate surface area is 153 Å². The Morgan fingerprint density at radius 1 is 1.08 bits per heavy atom. The zero-order valence-electron chi connectivity index (χ0n) is 15.0. The van der Waals surface area contributed by atoms with E-state index in [1.54, 1.807) is 6.08 Å². The Kier molecular flexibility index (Phi) is 7.43. The van der Waals surface area contributed by atoms with Crippen LogP contribution in [0.25, 0.3) is 6.08 Å². The van der Waals surface area contributed by atoms with Crippen molar-refractivity contribution in [3.8, 4) is 5.75 Å². The van der Waals surface area contributed by atoms with Gasteiger partial charge in [0.1, 0.15) is 12.4 Å². The van der Waals surface area contributed by atoms with Gasteiger partial charge in [0.25, 0.3) is 5.91 Å². The van der Waals surface area contributed by atoms with Crippen molar-refractivity contribution in [2.24, 2.45) is 0 Å². The van der Waals surface area contributed by atoms with Gasteiger partial charge in [-0.1, -0.05) is 36.4 Å². The smallest absolute Gasteiger partial charge is 0.331 e. The SMILES string of the molecule is Cc1cccc(OCCNC(=O)COC(=O)/C=C/c2ccccc2C)c1. The minimum Gasteiger partial charge on any atom is -0.492 e. The Morgan fingerprint density at radius 3 is 2.65 bits per heavy atom. The maximum atomic E-state index is 11.7. The molecular weight excluding hydrogens is 330 g/mol. The molecule has 0 bridgehead atoms. The molecule has 0 atom stereocenters. The number of esters is 1. The van der Waals surface area contributed by atoms with Crippen molar-refractivity contribution < 1.29 is 19.1 Å². The second kappa shape index (κ2) is 10.0. The summed E-state index contributed by atoms with van der Waals surface area (Å²) in [5, 5.41) is 2.64. The average molecular weight is 353 g/mol. The van der Waals surface area contributed by atoms with Gasteiger partial charge in [0.05, 0.1) is 6.54 Å². The lowest BCUT2D eigenvalue weighted by atomic mass is 10.1. The molecule has 5 heteroatoms. The van der Waals surface area contributed by atoms with Crippen LogP contribution in [0.2, 0.25) is 0 Å². The number of ether oxygens (including phenoxy) is 2. The van der Waals surface area contributed by atoms with Gasteiger partial charge in [-0.15, -0.1) is 0 Å². The summed E-state index contributed by atoms with van der Waals surface area (Å²) in [6.45, 7) is 4.30. The predicted molar refractivity (Wildman–Crippen MR) is 101 cm³/mol. The Bertz CT molecular complexity index is 783. The largest absolute Gasteiger partial charge is 0.492 e. The molecule has 0 unspecified atom stereocenters. The highest BCUT2D eigenvalue weighted by Crippen LogP contribution is 2.11. The molecule has 0 heterocycles. The van der Waals surface area contributed by atoms with Crippen LogP contribution in [0.5, 0.6) is 5.75 Å². The number of amides is 1. The number of aryl methyl sites for hydroxylation is 2. The first-order valence-corrected chi connectivity index (χ1v) is 8.41. The molecule has 0 aliphatic rings. The fourth-order valence-corrected chi connectivity index (χ4v) is 2.23. The quantitative estimate of drug-likeness (QED) is 0.450. The van der Waals surface area contributed by atoms with E-state index in [1.165, 1.54) is 6.08 Å². The molecule has 0 fully saturated rings. The van der Waals surface area contributed by atoms with Gasteiger partial charge in [-0.2, -0.15) is 0 Å². The number of benzene rings is 2. The monoisotopic (exact) mass is 353 g/mol. The summed E-state index contributed by atoms with van der Waals surface area (Å²) in [7, 11) is 0. The van der Waals surface area contributed by atoms with Crippen molar-refractivity contribution in [1.29, 1.82) is 0 Å². The van der Waals surface area contributed by atoms with Gasteiger partial charge in [0, 0.05) is 6.08 Å². The highest BCUT2D eigenvalue weighted by atomic mass is 16.5. The van der Waals surface area contributed by atoms with Crippen LogP contribution in [0, 0.1) is 13.8 Å². The Balaban J connectivity index is 1.63. The normalized spacial score (nSPS) is 10.5. The van der Waals surface area contributed by atoms with Gasteiger partial charge in [0.15, 0.2) is 6.61 Å². The molecule has 2 aromatic rings. The van der Waals surface area contributed by atoms with Gasteiger partial charge in [0.2, 0.25) is 0 Å². The van der Waals surface area contributed by atoms with E-state index < -0.39 is 5.97 Å². The average Bonchev–Trinajstić information content (AvgIpc) is 2.63. The highest BCUT2D eigenvalue weighted by Gasteiger charge is 2.05. The predicted octanol–water partition coefficient (Wildman–Crippen LogP) is 3.06. The summed E-state index contributed by atoms with van der Waals surface area (Å²) in [6, 6.07) is 15.4. The number of hydrogen-bond donors (Lipinski definition) is 1. The summed E-state index contributed by atoms with van der Waals surface area (Å²) in [4.78, 5) is 23.3. The third kappa shape index (κ3) is 6.81. The number of rotatable bonds is 8. The van der Waals surface area contributed by atoms with Crippen LogP contribution in [0.15, 0.2) is 54.6 Å². The Morgan fingerprint density at radius 2 is 1.88 bits per heavy atom. The van der Waals surface area contributed by atoms with Gasteiger partial charge in [-0.3, -0.25) is 4.79 Å². The third-order valence-corrected chi connectivity index (χ3v) is 3.62. The van der Waals surface area contributed by atoms with Crippen molar-refractivity contribution in [1.82, 2.24) is 5.32 Å². The molecular formula is C21H23NO4. The van der Waals surface area contributed by atoms with Gasteiger partial charge < -0.3 is 14.8 Å². The molecule has 0 aliphatic heterocycles. The van der Waals surface area contributed by atoms with E-state index in [2.05, 4.69) is 5.32 Å². The second-order valence-corrected chi connectivity index (χ2v) is 5.81. The van der Waals surface area contributed by atoms with Crippen LogP contribution in [-0.4, -0.2) is 31.6 Å². The van der Waals surface area contributed by atoms with Crippen LogP contribution >= 0.6 is 0 Å². The highest BCUT2D eigenvalue weighted by molar-refractivity contribution is 5.89. The molecule has 0 aromatic heterocycles. The van der Waals surface area contributed by atoms with Crippen LogP contribution < -0.4 is 10.1 Å². The van der Waals surface area contributed by atoms with Crippen molar-refractivity contribution >= 4 is 18.0 Å². The summed E-state index contributed by atoms with van der Waals surface area (Å²) in [5.74, 6) is -0.165. The Hall–Kier alpha value is -3.08. The molecule has 2 aromatic carbocycles. The first-order chi connectivity index (χ1) is 12.5. The molecule has 0 aliphatic carbocycles. The van der Waals surface area contributed by atoms with Gasteiger partial charge in [-0.25, -0.2) is 4.79 Å². The lowest BCUT2D eigenvalue weighted by Gasteiger charge is -2.08. The molecule has 2 rings (SSSR count). The maximum absolute atomic E-state index is 11.7. The van der Waals surface area contributed by atoms with E-state index in [1.807, 2.05) is 62.4 Å². The van der Waals surface area contributed by atoms with Crippen LogP contribution in [0.3, 0.4) is 0 Å². The zero-order valence-corrected chi connectivity index (χ0v) is 15.0. The van der Waals surface area contributed by atoms with E-state index in [0.29, 0.717) is 13.2 Å². The topological polar surface area (TPSA) is 64.6 Å². The minimum absolute atomic E-state index is 0.318. The molecule has 0 saturated heterocycles. The number of hydrogen-bond acceptors (Lipinski definition) is 4. The number of nitrogens with one attached hydrogen (secondary N) is 1. The van der Waals surface area contributed by atoms with Crippen molar-refractivity contribution in [3.63, 3.8) is 0 Å². The van der Waals surface area contributed by atoms with Crippen LogP contribution in [0.1, 0.15) is 16.7 Å². The summed E-state index contributed by atoms with van der Waals surface area (Å²) in [5.41, 5.74) is 3.10. The van der Waals surface area contributed by atoms with Gasteiger partial charge in [-0.05, 0) is 48.7 Å². The van der Waals surface area contributed by atoms with Gasteiger partial charge >= 0.3 is 5.97 Å². The van der Waals surface area contributed by atoms with Crippen LogP contribution in [0.4, 0.5) is 0 Å². The number of carbonyl (C=O) groups excluding carboxylic acids is 2. The summed E-state index contributed by atoms with van der Waals surface area (Å²) >= 11 is 0. The van der Waals surface area contributed by atoms with Crippen LogP contribution in [-0.2, 0) is 14.3 Å². The molecule has 5 nitrogen and oxygen atoms in total. The first kappa shape index (κ1) is 19.2. The van der Waals surface area contributed by atoms with Crippen molar-refractivity contribution in [2.45, 2.75) is 13.8 Å². The fourth-order valence-electron chi connectivity index (χ4n) is 2.23. The molecule has 26 heavy (non-hydrogen) atoms. The van der Waals surface area contributed by atoms with E-state index in [4.69, 9.17) is 9.47 Å². The lowest BCUT2D eigenvalue weighted by Crippen LogP contribution is -2.31. The van der Waals surface area contributed by atoms with E-state index in [9.17, 15) is 9.59 Å². The lowest BCUT2D eigenvalue weighted by molar-refractivity contribution is -0.143. The molecule has 136 valence electrons. The zero-order chi connectivity index (χ0) is 18.8. The van der Waals surface area contributed by atoms with E-state index in [0.717, 1.165) is 22.4 Å². The van der Waals surface area contributed by atoms with Crippen molar-refractivity contribution in [3.05, 3.63) is 71.3 Å². The maximum Gasteiger partial charge on any atom is 0.331 e. The second-order valence-electron chi connectivity index (χ2n) is 5.81. The third-order valence-electron chi connectivity index (χ3n) is 3.62. The molecule has 0 saturated carbocycles. The molecule has 0 radical (unpaired) electrons. The van der Waals surface area contributed by atoms with Crippen molar-refractivity contribution in [2.75, 3.05) is 19.8 Å². The van der Waals surface area contributed by atoms with E-state index >= 15 is 0 Å².